The number of hydrogen-bond donors (Lipinski definition) is 2. The molecular formula is C10H17N3O2S. The number of likely N-dealkylation sites (N-methyl/N-ethyl adjacent to an activating group) is 1. The third kappa shape index (κ3) is 3.24. The van der Waals surface area contributed by atoms with E-state index in [2.05, 4.69) is 10.4 Å². The van der Waals surface area contributed by atoms with Gasteiger partial charge in [0.1, 0.15) is 5.54 Å². The average molecular weight is 243 g/mol. The second-order valence-electron chi connectivity index (χ2n) is 3.81. The lowest BCUT2D eigenvalue weighted by Crippen LogP contribution is -2.51. The molecule has 0 saturated heterocycles. The van der Waals surface area contributed by atoms with Crippen molar-refractivity contribution in [2.24, 2.45) is 7.05 Å². The maximum absolute atomic E-state index is 11.1. The molecule has 1 aromatic rings. The number of aromatic nitrogens is 2. The van der Waals surface area contributed by atoms with Crippen LogP contribution >= 0.6 is 11.8 Å². The van der Waals surface area contributed by atoms with Gasteiger partial charge in [-0.05, 0) is 13.5 Å². The smallest absolute Gasteiger partial charge is 0.324 e. The largest absolute Gasteiger partial charge is 0.480 e. The lowest BCUT2D eigenvalue weighted by atomic mass is 10.1. The van der Waals surface area contributed by atoms with Crippen LogP contribution in [0, 0.1) is 0 Å². The quantitative estimate of drug-likeness (QED) is 0.729. The van der Waals surface area contributed by atoms with Crippen molar-refractivity contribution in [2.45, 2.75) is 24.3 Å². The third-order valence-electron chi connectivity index (χ3n) is 2.25. The van der Waals surface area contributed by atoms with Gasteiger partial charge >= 0.3 is 5.97 Å². The summed E-state index contributed by atoms with van der Waals surface area (Å²) in [6.07, 6.45) is 3.61. The van der Waals surface area contributed by atoms with E-state index in [0.717, 1.165) is 4.90 Å². The SMILES string of the molecule is CCNC(C)(CSc1cnn(C)c1)C(=O)O. The summed E-state index contributed by atoms with van der Waals surface area (Å²) in [7, 11) is 1.84. The summed E-state index contributed by atoms with van der Waals surface area (Å²) in [5.74, 6) is -0.354. The van der Waals surface area contributed by atoms with Gasteiger partial charge in [0, 0.05) is 23.9 Å². The number of carbonyl (C=O) groups is 1. The molecule has 0 amide bonds. The predicted octanol–water partition coefficient (Wildman–Crippen LogP) is 0.965. The van der Waals surface area contributed by atoms with Crippen LogP contribution < -0.4 is 5.32 Å². The van der Waals surface area contributed by atoms with Crippen LogP contribution in [-0.4, -0.2) is 38.7 Å². The Hall–Kier alpha value is -1.01. The molecule has 0 aliphatic heterocycles. The van der Waals surface area contributed by atoms with Gasteiger partial charge in [-0.15, -0.1) is 11.8 Å². The van der Waals surface area contributed by atoms with Gasteiger partial charge < -0.3 is 10.4 Å². The van der Waals surface area contributed by atoms with Crippen molar-refractivity contribution in [1.82, 2.24) is 15.1 Å². The fraction of sp³-hybridized carbons (Fsp3) is 0.600. The lowest BCUT2D eigenvalue weighted by molar-refractivity contribution is -0.143. The van der Waals surface area contributed by atoms with Gasteiger partial charge in [0.25, 0.3) is 0 Å². The Morgan fingerprint density at radius 1 is 1.75 bits per heavy atom. The highest BCUT2D eigenvalue weighted by atomic mass is 32.2. The van der Waals surface area contributed by atoms with Crippen molar-refractivity contribution in [1.29, 1.82) is 0 Å². The van der Waals surface area contributed by atoms with Gasteiger partial charge in [0.05, 0.1) is 6.20 Å². The molecule has 6 heteroatoms. The fourth-order valence-electron chi connectivity index (χ4n) is 1.28. The van der Waals surface area contributed by atoms with Crippen LogP contribution in [0.15, 0.2) is 17.3 Å². The van der Waals surface area contributed by atoms with E-state index in [-0.39, 0.29) is 0 Å². The minimum Gasteiger partial charge on any atom is -0.480 e. The molecule has 90 valence electrons. The van der Waals surface area contributed by atoms with Crippen LogP contribution in [0.1, 0.15) is 13.8 Å². The molecule has 0 bridgehead atoms. The number of aliphatic carboxylic acids is 1. The number of nitrogens with zero attached hydrogens (tertiary/aromatic N) is 2. The molecule has 16 heavy (non-hydrogen) atoms. The summed E-state index contributed by atoms with van der Waals surface area (Å²) < 4.78 is 1.70. The minimum atomic E-state index is -0.894. The Labute approximate surface area is 99.2 Å². The highest BCUT2D eigenvalue weighted by Crippen LogP contribution is 2.22. The molecule has 1 heterocycles. The van der Waals surface area contributed by atoms with Crippen LogP contribution in [-0.2, 0) is 11.8 Å². The number of hydrogen-bond acceptors (Lipinski definition) is 4. The molecular weight excluding hydrogens is 226 g/mol. The molecule has 0 aliphatic carbocycles. The average Bonchev–Trinajstić information content (AvgIpc) is 2.61. The summed E-state index contributed by atoms with van der Waals surface area (Å²) in [6.45, 7) is 4.23. The number of thioether (sulfide) groups is 1. The molecule has 0 radical (unpaired) electrons. The Balaban J connectivity index is 2.60. The number of carboxylic acids is 1. The molecule has 1 atom stereocenters. The van der Waals surface area contributed by atoms with E-state index in [1.54, 1.807) is 17.8 Å². The van der Waals surface area contributed by atoms with Crippen LogP contribution in [0.3, 0.4) is 0 Å². The summed E-state index contributed by atoms with van der Waals surface area (Å²) in [5, 5.41) is 16.2. The number of rotatable bonds is 6. The Morgan fingerprint density at radius 3 is 2.88 bits per heavy atom. The molecule has 1 aromatic heterocycles. The lowest BCUT2D eigenvalue weighted by Gasteiger charge is -2.24. The number of aryl methyl sites for hydroxylation is 1. The van der Waals surface area contributed by atoms with Crippen molar-refractivity contribution in [3.63, 3.8) is 0 Å². The van der Waals surface area contributed by atoms with E-state index in [1.165, 1.54) is 11.8 Å². The van der Waals surface area contributed by atoms with E-state index >= 15 is 0 Å². The molecule has 1 rings (SSSR count). The maximum Gasteiger partial charge on any atom is 0.324 e. The molecule has 0 spiro atoms. The van der Waals surface area contributed by atoms with E-state index in [1.807, 2.05) is 20.2 Å². The first kappa shape index (κ1) is 13.1. The monoisotopic (exact) mass is 243 g/mol. The second kappa shape index (κ2) is 5.36. The second-order valence-corrected chi connectivity index (χ2v) is 4.85. The first-order chi connectivity index (χ1) is 7.48. The summed E-state index contributed by atoms with van der Waals surface area (Å²) in [4.78, 5) is 12.1. The maximum atomic E-state index is 11.1. The molecule has 0 fully saturated rings. The fourth-order valence-corrected chi connectivity index (χ4v) is 2.31. The molecule has 0 aliphatic rings. The minimum absolute atomic E-state index is 0.474. The highest BCUT2D eigenvalue weighted by molar-refractivity contribution is 7.99. The highest BCUT2D eigenvalue weighted by Gasteiger charge is 2.32. The van der Waals surface area contributed by atoms with Crippen molar-refractivity contribution in [2.75, 3.05) is 12.3 Å². The molecule has 1 unspecified atom stereocenters. The molecule has 0 aromatic carbocycles. The van der Waals surface area contributed by atoms with E-state index < -0.39 is 11.5 Å². The Bertz CT molecular complexity index is 367. The van der Waals surface area contributed by atoms with Crippen LogP contribution in [0.2, 0.25) is 0 Å². The Morgan fingerprint density at radius 2 is 2.44 bits per heavy atom. The van der Waals surface area contributed by atoms with Crippen molar-refractivity contribution in [3.05, 3.63) is 12.4 Å². The van der Waals surface area contributed by atoms with Crippen molar-refractivity contribution < 1.29 is 9.90 Å². The van der Waals surface area contributed by atoms with Gasteiger partial charge in [-0.2, -0.15) is 5.10 Å². The van der Waals surface area contributed by atoms with Crippen LogP contribution in [0.4, 0.5) is 0 Å². The summed E-state index contributed by atoms with van der Waals surface area (Å²) in [6, 6.07) is 0. The van der Waals surface area contributed by atoms with E-state index in [0.29, 0.717) is 12.3 Å². The van der Waals surface area contributed by atoms with Crippen LogP contribution in [0.25, 0.3) is 0 Å². The van der Waals surface area contributed by atoms with Gasteiger partial charge in [-0.25, -0.2) is 0 Å². The first-order valence-electron chi connectivity index (χ1n) is 5.08. The zero-order valence-electron chi connectivity index (χ0n) is 9.73. The van der Waals surface area contributed by atoms with Crippen molar-refractivity contribution >= 4 is 17.7 Å². The van der Waals surface area contributed by atoms with E-state index in [4.69, 9.17) is 5.11 Å². The third-order valence-corrected chi connectivity index (χ3v) is 3.51. The number of nitrogens with one attached hydrogen (secondary N) is 1. The van der Waals surface area contributed by atoms with Gasteiger partial charge in [-0.1, -0.05) is 6.92 Å². The van der Waals surface area contributed by atoms with Gasteiger partial charge in [0.15, 0.2) is 0 Å². The normalized spacial score (nSPS) is 14.7. The molecule has 5 nitrogen and oxygen atoms in total. The van der Waals surface area contributed by atoms with Crippen molar-refractivity contribution in [3.8, 4) is 0 Å². The predicted molar refractivity (Wildman–Crippen MR) is 63.6 cm³/mol. The topological polar surface area (TPSA) is 67.2 Å². The van der Waals surface area contributed by atoms with E-state index in [9.17, 15) is 4.79 Å². The molecule has 2 N–H and O–H groups in total. The van der Waals surface area contributed by atoms with Crippen LogP contribution in [0.5, 0.6) is 0 Å². The standard InChI is InChI=1S/C10H17N3O2S/c1-4-11-10(2,9(14)15)7-16-8-5-12-13(3)6-8/h5-6,11H,4,7H2,1-3H3,(H,14,15). The molecule has 0 saturated carbocycles. The number of carboxylic acid groups (broad SMARTS) is 1. The Kier molecular flexibility index (Phi) is 4.37. The summed E-state index contributed by atoms with van der Waals surface area (Å²) >= 11 is 1.49. The summed E-state index contributed by atoms with van der Waals surface area (Å²) in [5.41, 5.74) is -0.894. The zero-order chi connectivity index (χ0) is 12.2. The first-order valence-corrected chi connectivity index (χ1v) is 6.06. The van der Waals surface area contributed by atoms with Gasteiger partial charge in [-0.3, -0.25) is 9.48 Å². The van der Waals surface area contributed by atoms with Gasteiger partial charge in [0.2, 0.25) is 0 Å². The zero-order valence-corrected chi connectivity index (χ0v) is 10.5.